The van der Waals surface area contributed by atoms with Gasteiger partial charge in [0, 0.05) is 12.2 Å². The molecule has 1 aromatic carbocycles. The number of halogens is 3. The van der Waals surface area contributed by atoms with E-state index in [0.717, 1.165) is 36.2 Å². The Morgan fingerprint density at radius 2 is 1.79 bits per heavy atom. The number of benzene rings is 1. The molecule has 0 aliphatic heterocycles. The largest absolute Gasteiger partial charge is 0.465 e. The van der Waals surface area contributed by atoms with Crippen molar-refractivity contribution < 1.29 is 38.1 Å². The van der Waals surface area contributed by atoms with Gasteiger partial charge in [-0.3, -0.25) is 9.78 Å². The van der Waals surface area contributed by atoms with Crippen molar-refractivity contribution in [2.75, 3.05) is 11.9 Å². The highest BCUT2D eigenvalue weighted by Crippen LogP contribution is 2.39. The average molecular weight is 545 g/mol. The van der Waals surface area contributed by atoms with Crippen LogP contribution in [-0.4, -0.2) is 49.9 Å². The van der Waals surface area contributed by atoms with Crippen molar-refractivity contribution in [1.82, 2.24) is 15.3 Å². The van der Waals surface area contributed by atoms with Crippen molar-refractivity contribution in [2.45, 2.75) is 44.2 Å². The molecular weight excluding hydrogens is 517 g/mol. The van der Waals surface area contributed by atoms with E-state index in [1.165, 1.54) is 6.20 Å². The van der Waals surface area contributed by atoms with Crippen molar-refractivity contribution in [2.24, 2.45) is 5.92 Å². The van der Waals surface area contributed by atoms with Crippen molar-refractivity contribution in [1.29, 1.82) is 0 Å². The second-order valence-electron chi connectivity index (χ2n) is 9.66. The SMILES string of the molecule is C[C@@H]1CC(NC(=O)O)C[C@H](c2ccncc2NC(=O)c2ccc(F)c(-c3c(F)cc([C@@H](O)CO)cc3F)n2)C1. The molecule has 5 N–H and O–H groups in total. The molecule has 1 unspecified atom stereocenters. The van der Waals surface area contributed by atoms with Crippen LogP contribution in [0.3, 0.4) is 0 Å². The van der Waals surface area contributed by atoms with E-state index in [4.69, 9.17) is 10.2 Å². The molecule has 1 aliphatic rings. The molecule has 12 heteroatoms. The van der Waals surface area contributed by atoms with Gasteiger partial charge in [-0.1, -0.05) is 6.92 Å². The Labute approximate surface area is 221 Å². The van der Waals surface area contributed by atoms with Gasteiger partial charge in [-0.25, -0.2) is 22.9 Å². The molecule has 0 bridgehead atoms. The number of anilines is 1. The van der Waals surface area contributed by atoms with Crippen LogP contribution in [-0.2, 0) is 0 Å². The van der Waals surface area contributed by atoms with Crippen LogP contribution < -0.4 is 10.6 Å². The summed E-state index contributed by atoms with van der Waals surface area (Å²) in [5, 5.41) is 33.1. The molecule has 3 aromatic rings. The molecule has 2 amide bonds. The second kappa shape index (κ2) is 11.8. The number of carboxylic acid groups (broad SMARTS) is 1. The molecule has 2 aromatic heterocycles. The average Bonchev–Trinajstić information content (AvgIpc) is 2.88. The van der Waals surface area contributed by atoms with Crippen molar-refractivity contribution in [3.63, 3.8) is 0 Å². The first-order chi connectivity index (χ1) is 18.6. The summed E-state index contributed by atoms with van der Waals surface area (Å²) in [5.41, 5.74) is -1.04. The summed E-state index contributed by atoms with van der Waals surface area (Å²) >= 11 is 0. The lowest BCUT2D eigenvalue weighted by Crippen LogP contribution is -2.39. The third-order valence-electron chi connectivity index (χ3n) is 6.75. The van der Waals surface area contributed by atoms with E-state index in [9.17, 15) is 27.9 Å². The van der Waals surface area contributed by atoms with E-state index in [0.29, 0.717) is 18.5 Å². The number of nitrogens with one attached hydrogen (secondary N) is 2. The Balaban J connectivity index is 1.62. The van der Waals surface area contributed by atoms with Crippen LogP contribution in [0.2, 0.25) is 0 Å². The number of hydrogen-bond donors (Lipinski definition) is 5. The highest BCUT2D eigenvalue weighted by molar-refractivity contribution is 6.03. The summed E-state index contributed by atoms with van der Waals surface area (Å²) in [6.45, 7) is 1.24. The van der Waals surface area contributed by atoms with Crippen LogP contribution in [0, 0.1) is 23.4 Å². The van der Waals surface area contributed by atoms with Crippen LogP contribution in [0.1, 0.15) is 59.8 Å². The first kappa shape index (κ1) is 28.0. The lowest BCUT2D eigenvalue weighted by Gasteiger charge is -2.34. The number of aliphatic hydroxyl groups is 2. The fraction of sp³-hybridized carbons (Fsp3) is 0.333. The maximum absolute atomic E-state index is 14.8. The van der Waals surface area contributed by atoms with E-state index in [-0.39, 0.29) is 29.1 Å². The minimum absolute atomic E-state index is 0.0865. The second-order valence-corrected chi connectivity index (χ2v) is 9.66. The molecule has 1 aliphatic carbocycles. The van der Waals surface area contributed by atoms with Crippen molar-refractivity contribution >= 4 is 17.7 Å². The molecular formula is C27H27F3N4O5. The summed E-state index contributed by atoms with van der Waals surface area (Å²) in [5.74, 6) is -4.18. The van der Waals surface area contributed by atoms with E-state index in [1.807, 2.05) is 6.92 Å². The zero-order valence-corrected chi connectivity index (χ0v) is 20.9. The van der Waals surface area contributed by atoms with Gasteiger partial charge in [0.25, 0.3) is 5.91 Å². The van der Waals surface area contributed by atoms with Gasteiger partial charge >= 0.3 is 6.09 Å². The monoisotopic (exact) mass is 544 g/mol. The van der Waals surface area contributed by atoms with Crippen LogP contribution in [0.15, 0.2) is 42.7 Å². The highest BCUT2D eigenvalue weighted by atomic mass is 19.1. The van der Waals surface area contributed by atoms with Gasteiger partial charge in [0.05, 0.1) is 24.1 Å². The smallest absolute Gasteiger partial charge is 0.404 e. The maximum Gasteiger partial charge on any atom is 0.404 e. The topological polar surface area (TPSA) is 145 Å². The number of hydrogen-bond acceptors (Lipinski definition) is 6. The molecule has 0 spiro atoms. The van der Waals surface area contributed by atoms with Gasteiger partial charge in [-0.15, -0.1) is 0 Å². The summed E-state index contributed by atoms with van der Waals surface area (Å²) in [6.07, 6.45) is 2.30. The Hall–Kier alpha value is -4.03. The van der Waals surface area contributed by atoms with Gasteiger partial charge in [0.15, 0.2) is 0 Å². The number of nitrogens with zero attached hydrogens (tertiary/aromatic N) is 2. The number of pyridine rings is 2. The predicted molar refractivity (Wildman–Crippen MR) is 134 cm³/mol. The zero-order valence-electron chi connectivity index (χ0n) is 20.9. The number of carbonyl (C=O) groups excluding carboxylic acids is 1. The predicted octanol–water partition coefficient (Wildman–Crippen LogP) is 4.38. The fourth-order valence-electron chi connectivity index (χ4n) is 5.06. The first-order valence-corrected chi connectivity index (χ1v) is 12.3. The van der Waals surface area contributed by atoms with Gasteiger partial charge in [0.1, 0.15) is 34.9 Å². The maximum atomic E-state index is 14.8. The van der Waals surface area contributed by atoms with Crippen LogP contribution in [0.4, 0.5) is 23.7 Å². The first-order valence-electron chi connectivity index (χ1n) is 12.3. The van der Waals surface area contributed by atoms with Crippen LogP contribution in [0.5, 0.6) is 0 Å². The lowest BCUT2D eigenvalue weighted by molar-refractivity contribution is 0.0951. The summed E-state index contributed by atoms with van der Waals surface area (Å²) in [7, 11) is 0. The number of amides is 2. The molecule has 1 fully saturated rings. The Kier molecular flexibility index (Phi) is 8.46. The molecule has 0 saturated heterocycles. The van der Waals surface area contributed by atoms with Gasteiger partial charge < -0.3 is 26.0 Å². The summed E-state index contributed by atoms with van der Waals surface area (Å²) < 4.78 is 44.2. The summed E-state index contributed by atoms with van der Waals surface area (Å²) in [6, 6.07) is 4.91. The fourth-order valence-corrected chi connectivity index (χ4v) is 5.06. The van der Waals surface area contributed by atoms with Gasteiger partial charge in [0.2, 0.25) is 0 Å². The zero-order chi connectivity index (χ0) is 28.3. The molecule has 0 radical (unpaired) electrons. The van der Waals surface area contributed by atoms with Crippen molar-refractivity contribution in [3.8, 4) is 11.3 Å². The normalized spacial score (nSPS) is 19.8. The van der Waals surface area contributed by atoms with Gasteiger partial charge in [-0.2, -0.15) is 0 Å². The molecule has 4 rings (SSSR count). The Morgan fingerprint density at radius 1 is 1.08 bits per heavy atom. The molecule has 9 nitrogen and oxygen atoms in total. The Morgan fingerprint density at radius 3 is 2.46 bits per heavy atom. The van der Waals surface area contributed by atoms with E-state index >= 15 is 0 Å². The van der Waals surface area contributed by atoms with E-state index in [2.05, 4.69) is 20.6 Å². The van der Waals surface area contributed by atoms with Crippen molar-refractivity contribution in [3.05, 3.63) is 77.0 Å². The third kappa shape index (κ3) is 6.35. The van der Waals surface area contributed by atoms with Gasteiger partial charge in [-0.05, 0) is 72.6 Å². The number of rotatable bonds is 7. The molecule has 206 valence electrons. The number of aromatic nitrogens is 2. The third-order valence-corrected chi connectivity index (χ3v) is 6.75. The number of carbonyl (C=O) groups is 2. The molecule has 4 atom stereocenters. The van der Waals surface area contributed by atoms with E-state index in [1.54, 1.807) is 12.3 Å². The molecule has 39 heavy (non-hydrogen) atoms. The standard InChI is InChI=1S/C27H27F3N4O5/c1-13-6-14(8-16(7-13)32-27(38)39)17-4-5-31-11-22(17)34-26(37)21-3-2-18(28)25(33-21)24-19(29)9-15(10-20(24)30)23(36)12-35/h2-5,9-11,13-14,16,23,32,35-36H,6-8,12H2,1H3,(H,34,37)(H,38,39)/t13-,14+,16?,23-/m0/s1. The summed E-state index contributed by atoms with van der Waals surface area (Å²) in [4.78, 5) is 32.2. The molecule has 2 heterocycles. The lowest BCUT2D eigenvalue weighted by atomic mass is 9.76. The quantitative estimate of drug-likeness (QED) is 0.297. The van der Waals surface area contributed by atoms with E-state index < -0.39 is 53.4 Å². The minimum atomic E-state index is -1.53. The molecule has 1 saturated carbocycles. The minimum Gasteiger partial charge on any atom is -0.465 e. The van der Waals surface area contributed by atoms with Crippen LogP contribution >= 0.6 is 0 Å². The Bertz CT molecular complexity index is 1370. The van der Waals surface area contributed by atoms with Crippen LogP contribution in [0.25, 0.3) is 11.3 Å². The highest BCUT2D eigenvalue weighted by Gasteiger charge is 2.30. The number of aliphatic hydroxyl groups excluding tert-OH is 2.